The molecule has 16 heavy (non-hydrogen) atoms. The molecule has 0 aliphatic heterocycles. The summed E-state index contributed by atoms with van der Waals surface area (Å²) in [5.74, 6) is -10.3. The highest BCUT2D eigenvalue weighted by Crippen LogP contribution is 2.35. The van der Waals surface area contributed by atoms with Gasteiger partial charge in [-0.25, -0.2) is 22.0 Å². The third-order valence-electron chi connectivity index (χ3n) is 2.19. The van der Waals surface area contributed by atoms with Crippen LogP contribution in [0.5, 0.6) is 0 Å². The van der Waals surface area contributed by atoms with E-state index < -0.39 is 45.6 Å². The molecule has 2 aromatic carbocycles. The first-order chi connectivity index (χ1) is 7.37. The van der Waals surface area contributed by atoms with Crippen molar-refractivity contribution >= 4 is 5.69 Å². The van der Waals surface area contributed by atoms with Crippen molar-refractivity contribution in [2.75, 3.05) is 5.73 Å². The minimum Gasteiger partial charge on any atom is -0.396 e. The number of nitrogens with two attached hydrogens (primary N) is 1. The Morgan fingerprint density at radius 2 is 1.00 bits per heavy atom. The van der Waals surface area contributed by atoms with Gasteiger partial charge in [-0.05, 0) is 0 Å². The molecule has 2 rings (SSSR count). The van der Waals surface area contributed by atoms with Crippen LogP contribution in [-0.2, 0) is 0 Å². The fourth-order valence-corrected chi connectivity index (χ4v) is 1.29. The Balaban J connectivity index is 2.82. The van der Waals surface area contributed by atoms with Crippen LogP contribution in [0.25, 0.3) is 11.1 Å². The van der Waals surface area contributed by atoms with Gasteiger partial charge in [-0.2, -0.15) is 0 Å². The predicted molar refractivity (Wildman–Crippen MR) is 44.3 cm³/mol. The normalized spacial score (nSPS) is 11.3. The van der Waals surface area contributed by atoms with E-state index in [1.54, 1.807) is 0 Å². The van der Waals surface area contributed by atoms with Crippen molar-refractivity contribution in [1.29, 1.82) is 5.41 Å². The van der Waals surface area contributed by atoms with Gasteiger partial charge in [0.25, 0.3) is 0 Å². The molecule has 0 radical (unpaired) electrons. The molecule has 0 fully saturated rings. The van der Waals surface area contributed by atoms with Gasteiger partial charge in [0.2, 0.25) is 5.82 Å². The van der Waals surface area contributed by atoms with Crippen molar-refractivity contribution < 1.29 is 22.0 Å². The molecular weight excluding hydrogens is 231 g/mol. The lowest BCUT2D eigenvalue weighted by Crippen LogP contribution is -2.03. The van der Waals surface area contributed by atoms with Crippen molar-refractivity contribution in [3.8, 4) is 11.1 Å². The highest BCUT2D eigenvalue weighted by atomic mass is 19.2. The van der Waals surface area contributed by atoms with E-state index in [4.69, 9.17) is 11.1 Å². The lowest BCUT2D eigenvalue weighted by molar-refractivity contribution is 0.381. The summed E-state index contributed by atoms with van der Waals surface area (Å²) >= 11 is 0. The summed E-state index contributed by atoms with van der Waals surface area (Å²) in [5.41, 5.74) is 3.25. The Bertz CT molecular complexity index is 581. The summed E-state index contributed by atoms with van der Waals surface area (Å²) in [6.07, 6.45) is 0. The maximum Gasteiger partial charge on any atom is 0.200 e. The molecule has 0 aliphatic carbocycles. The minimum atomic E-state index is -2.23. The van der Waals surface area contributed by atoms with Gasteiger partial charge in [0.1, 0.15) is 0 Å². The molecule has 3 N–H and O–H groups in total. The number of hydrogen-bond donors (Lipinski definition) is 2. The Kier molecular flexibility index (Phi) is 2.01. The number of anilines is 1. The number of halogens is 5. The Labute approximate surface area is 85.3 Å². The summed E-state index contributed by atoms with van der Waals surface area (Å²) in [4.78, 5) is 0. The zero-order valence-electron chi connectivity index (χ0n) is 7.47. The average Bonchev–Trinajstić information content (AvgIpc) is 2.83. The van der Waals surface area contributed by atoms with Crippen LogP contribution in [0, 0.1) is 34.5 Å². The largest absolute Gasteiger partial charge is 0.396 e. The summed E-state index contributed by atoms with van der Waals surface area (Å²) < 4.78 is 64.4. The summed E-state index contributed by atoms with van der Waals surface area (Å²) in [6.45, 7) is 0. The number of nitrogens with one attached hydrogen (secondary N) is 1. The van der Waals surface area contributed by atoms with Crippen LogP contribution in [0.3, 0.4) is 0 Å². The molecule has 7 heteroatoms. The first-order valence-corrected chi connectivity index (χ1v) is 3.98. The van der Waals surface area contributed by atoms with Crippen LogP contribution in [0.4, 0.5) is 27.6 Å². The number of benzene rings is 1. The molecule has 2 aromatic rings. The van der Waals surface area contributed by atoms with Crippen LogP contribution in [0.1, 0.15) is 0 Å². The van der Waals surface area contributed by atoms with E-state index in [2.05, 4.69) is 0 Å². The number of rotatable bonds is 1. The maximum atomic E-state index is 13.1. The fraction of sp³-hybridized carbons (Fsp3) is 0. The van der Waals surface area contributed by atoms with Gasteiger partial charge in [0, 0.05) is 5.56 Å². The maximum absolute atomic E-state index is 13.1. The van der Waals surface area contributed by atoms with Crippen molar-refractivity contribution in [1.82, 2.24) is 0 Å². The van der Waals surface area contributed by atoms with E-state index in [0.29, 0.717) is 0 Å². The SMILES string of the molecule is N=c1c(N)c1-c1c(F)c(F)c(F)c(F)c1F. The van der Waals surface area contributed by atoms with Gasteiger partial charge in [-0.1, -0.05) is 0 Å². The number of hydrogen-bond acceptors (Lipinski definition) is 2. The van der Waals surface area contributed by atoms with E-state index in [1.807, 2.05) is 0 Å². The topological polar surface area (TPSA) is 49.9 Å². The monoisotopic (exact) mass is 234 g/mol. The Morgan fingerprint density at radius 1 is 0.688 bits per heavy atom. The molecule has 0 amide bonds. The van der Waals surface area contributed by atoms with Gasteiger partial charge < -0.3 is 5.73 Å². The Morgan fingerprint density at radius 3 is 1.31 bits per heavy atom. The van der Waals surface area contributed by atoms with Gasteiger partial charge >= 0.3 is 0 Å². The van der Waals surface area contributed by atoms with E-state index in [9.17, 15) is 22.0 Å². The first kappa shape index (κ1) is 10.6. The number of nitrogen functional groups attached to an aromatic ring is 1. The molecule has 2 nitrogen and oxygen atoms in total. The summed E-state index contributed by atoms with van der Waals surface area (Å²) in [7, 11) is 0. The molecule has 0 unspecified atom stereocenters. The molecule has 0 aromatic heterocycles. The third kappa shape index (κ3) is 1.14. The van der Waals surface area contributed by atoms with Crippen LogP contribution in [0.15, 0.2) is 0 Å². The quantitative estimate of drug-likeness (QED) is 0.442. The molecule has 0 saturated heterocycles. The van der Waals surface area contributed by atoms with Crippen LogP contribution in [0.2, 0.25) is 0 Å². The molecule has 0 aliphatic rings. The van der Waals surface area contributed by atoms with Gasteiger partial charge in [-0.15, -0.1) is 0 Å². The second-order valence-electron chi connectivity index (χ2n) is 3.11. The molecule has 0 heterocycles. The summed E-state index contributed by atoms with van der Waals surface area (Å²) in [5, 5.41) is 6.62. The van der Waals surface area contributed by atoms with Gasteiger partial charge in [-0.3, -0.25) is 5.41 Å². The van der Waals surface area contributed by atoms with Crippen LogP contribution in [-0.4, -0.2) is 0 Å². The van der Waals surface area contributed by atoms with Crippen LogP contribution >= 0.6 is 0 Å². The average molecular weight is 234 g/mol. The van der Waals surface area contributed by atoms with E-state index in [0.717, 1.165) is 0 Å². The minimum absolute atomic E-state index is 0.275. The molecule has 0 saturated carbocycles. The fourth-order valence-electron chi connectivity index (χ4n) is 1.29. The molecule has 0 atom stereocenters. The van der Waals surface area contributed by atoms with E-state index in [1.165, 1.54) is 0 Å². The second-order valence-corrected chi connectivity index (χ2v) is 3.11. The third-order valence-corrected chi connectivity index (χ3v) is 2.19. The van der Waals surface area contributed by atoms with Crippen LogP contribution < -0.4 is 11.1 Å². The highest BCUT2D eigenvalue weighted by molar-refractivity contribution is 5.87. The van der Waals surface area contributed by atoms with Gasteiger partial charge in [0.05, 0.1) is 16.6 Å². The smallest absolute Gasteiger partial charge is 0.200 e. The molecule has 0 bridgehead atoms. The molecule has 84 valence electrons. The Hall–Kier alpha value is -1.92. The predicted octanol–water partition coefficient (Wildman–Crippen LogP) is 1.99. The first-order valence-electron chi connectivity index (χ1n) is 3.98. The van der Waals surface area contributed by atoms with E-state index >= 15 is 0 Å². The van der Waals surface area contributed by atoms with Gasteiger partial charge in [0.15, 0.2) is 23.3 Å². The molecular formula is C9H3F5N2. The zero-order chi connectivity index (χ0) is 12.2. The summed E-state index contributed by atoms with van der Waals surface area (Å²) in [6, 6.07) is 0. The van der Waals surface area contributed by atoms with Crippen molar-refractivity contribution in [2.45, 2.75) is 0 Å². The standard InChI is InChI=1S/C9H3F5N2/c10-3-1(2-8(15)9(2)16)4(11)6(13)7(14)5(3)12/h15H,16H2. The highest BCUT2D eigenvalue weighted by Gasteiger charge is 2.31. The lowest BCUT2D eigenvalue weighted by atomic mass is 10.1. The van der Waals surface area contributed by atoms with Crippen molar-refractivity contribution in [3.63, 3.8) is 0 Å². The molecule has 0 spiro atoms. The van der Waals surface area contributed by atoms with Crippen molar-refractivity contribution in [2.24, 2.45) is 0 Å². The van der Waals surface area contributed by atoms with E-state index in [-0.39, 0.29) is 5.69 Å². The second kappa shape index (κ2) is 3.03. The zero-order valence-corrected chi connectivity index (χ0v) is 7.47. The van der Waals surface area contributed by atoms with Crippen molar-refractivity contribution in [3.05, 3.63) is 34.4 Å². The lowest BCUT2D eigenvalue weighted by Gasteiger charge is -2.03.